The number of nitrogens with one attached hydrogen (secondary N) is 1. The number of carbonyl (C=O) groups excluding carboxylic acids is 3. The number of nitrogens with zero attached hydrogens (tertiary/aromatic N) is 1. The minimum Gasteiger partial charge on any atom is -0.457 e. The van der Waals surface area contributed by atoms with Crippen molar-refractivity contribution in [2.75, 3.05) is 23.4 Å². The molecule has 1 atom stereocenters. The maximum atomic E-state index is 12.6. The molecule has 0 bridgehead atoms. The van der Waals surface area contributed by atoms with Crippen molar-refractivity contribution in [2.45, 2.75) is 13.3 Å². The number of fused-ring (bicyclic) bond motifs is 1. The Morgan fingerprint density at radius 1 is 0.946 bits per heavy atom. The van der Waals surface area contributed by atoms with Crippen LogP contribution in [0.5, 0.6) is 11.5 Å². The molecular formula is C30H26N2O5. The van der Waals surface area contributed by atoms with Gasteiger partial charge in [0.05, 0.1) is 5.92 Å². The summed E-state index contributed by atoms with van der Waals surface area (Å²) in [5.41, 5.74) is 2.31. The Hall–Kier alpha value is -4.65. The van der Waals surface area contributed by atoms with Crippen LogP contribution < -0.4 is 15.0 Å². The maximum Gasteiger partial charge on any atom is 0.311 e. The van der Waals surface area contributed by atoms with E-state index in [1.807, 2.05) is 67.6 Å². The summed E-state index contributed by atoms with van der Waals surface area (Å²) in [5, 5.41) is 4.80. The normalized spacial score (nSPS) is 15.0. The monoisotopic (exact) mass is 494 g/mol. The molecule has 2 amide bonds. The lowest BCUT2D eigenvalue weighted by Crippen LogP contribution is -2.28. The van der Waals surface area contributed by atoms with E-state index in [1.54, 1.807) is 35.2 Å². The predicted octanol–water partition coefficient (Wildman–Crippen LogP) is 5.48. The molecular weight excluding hydrogens is 468 g/mol. The summed E-state index contributed by atoms with van der Waals surface area (Å²) >= 11 is 0. The Labute approximate surface area is 214 Å². The minimum atomic E-state index is -0.633. The highest BCUT2D eigenvalue weighted by Gasteiger charge is 2.36. The average Bonchev–Trinajstić information content (AvgIpc) is 3.29. The molecule has 4 aromatic carbocycles. The van der Waals surface area contributed by atoms with Crippen molar-refractivity contribution >= 4 is 39.9 Å². The Bertz CT molecular complexity index is 1460. The zero-order valence-electron chi connectivity index (χ0n) is 20.3. The fraction of sp³-hybridized carbons (Fsp3) is 0.167. The van der Waals surface area contributed by atoms with Gasteiger partial charge in [-0.25, -0.2) is 0 Å². The molecule has 1 aliphatic rings. The van der Waals surface area contributed by atoms with Crippen molar-refractivity contribution in [1.29, 1.82) is 0 Å². The van der Waals surface area contributed by atoms with E-state index < -0.39 is 24.4 Å². The van der Waals surface area contributed by atoms with Gasteiger partial charge in [-0.3, -0.25) is 14.4 Å². The van der Waals surface area contributed by atoms with Crippen LogP contribution in [0.1, 0.15) is 12.0 Å². The molecule has 0 aromatic heterocycles. The third-order valence-corrected chi connectivity index (χ3v) is 6.23. The number of hydrogen-bond donors (Lipinski definition) is 1. The predicted molar refractivity (Wildman–Crippen MR) is 142 cm³/mol. The number of amides is 2. The molecule has 1 aliphatic heterocycles. The lowest BCUT2D eigenvalue weighted by atomic mass is 10.1. The molecule has 1 N–H and O–H groups in total. The Morgan fingerprint density at radius 3 is 2.51 bits per heavy atom. The first kappa shape index (κ1) is 24.1. The van der Waals surface area contributed by atoms with Gasteiger partial charge < -0.3 is 19.7 Å². The molecule has 0 radical (unpaired) electrons. The number of hydrogen-bond acceptors (Lipinski definition) is 5. The van der Waals surface area contributed by atoms with Crippen LogP contribution in [0.25, 0.3) is 10.8 Å². The molecule has 4 aromatic rings. The molecule has 37 heavy (non-hydrogen) atoms. The number of benzene rings is 4. The van der Waals surface area contributed by atoms with Crippen LogP contribution in [-0.2, 0) is 19.1 Å². The Kier molecular flexibility index (Phi) is 6.85. The Balaban J connectivity index is 1.17. The van der Waals surface area contributed by atoms with Gasteiger partial charge >= 0.3 is 5.97 Å². The quantitative estimate of drug-likeness (QED) is 0.344. The van der Waals surface area contributed by atoms with Crippen LogP contribution in [0.15, 0.2) is 91.0 Å². The molecule has 1 heterocycles. The standard InChI is InChI=1S/C30H26N2O5/c1-20-6-4-9-23(16-20)31-28(33)19-36-30(35)22-17-29(34)32(18-22)24-12-14-25(15-13-24)37-27-11-5-8-21-7-2-3-10-26(21)27/h2-16,22H,17-19H2,1H3,(H,31,33)/t22-/m1/s1. The highest BCUT2D eigenvalue weighted by molar-refractivity contribution is 6.00. The molecule has 0 saturated carbocycles. The number of anilines is 2. The highest BCUT2D eigenvalue weighted by Crippen LogP contribution is 2.32. The van der Waals surface area contributed by atoms with Crippen LogP contribution in [0.3, 0.4) is 0 Å². The molecule has 1 saturated heterocycles. The van der Waals surface area contributed by atoms with Crippen LogP contribution in [-0.4, -0.2) is 30.9 Å². The van der Waals surface area contributed by atoms with Gasteiger partial charge in [0.2, 0.25) is 5.91 Å². The molecule has 186 valence electrons. The van der Waals surface area contributed by atoms with Crippen LogP contribution >= 0.6 is 0 Å². The van der Waals surface area contributed by atoms with E-state index in [9.17, 15) is 14.4 Å². The topological polar surface area (TPSA) is 84.9 Å². The number of ether oxygens (including phenoxy) is 2. The van der Waals surface area contributed by atoms with E-state index in [-0.39, 0.29) is 18.9 Å². The summed E-state index contributed by atoms with van der Waals surface area (Å²) < 4.78 is 11.3. The van der Waals surface area contributed by atoms with Gasteiger partial charge in [-0.2, -0.15) is 0 Å². The van der Waals surface area contributed by atoms with E-state index in [0.717, 1.165) is 22.1 Å². The Morgan fingerprint density at radius 2 is 1.70 bits per heavy atom. The smallest absolute Gasteiger partial charge is 0.311 e. The van der Waals surface area contributed by atoms with Crippen molar-refractivity contribution in [3.63, 3.8) is 0 Å². The second kappa shape index (κ2) is 10.5. The number of esters is 1. The van der Waals surface area contributed by atoms with E-state index in [2.05, 4.69) is 5.32 Å². The van der Waals surface area contributed by atoms with Crippen molar-refractivity contribution < 1.29 is 23.9 Å². The van der Waals surface area contributed by atoms with Gasteiger partial charge in [-0.1, -0.05) is 48.5 Å². The first-order valence-electron chi connectivity index (χ1n) is 12.1. The fourth-order valence-corrected chi connectivity index (χ4v) is 4.40. The molecule has 1 fully saturated rings. The van der Waals surface area contributed by atoms with Gasteiger partial charge in [0.25, 0.3) is 5.91 Å². The molecule has 5 rings (SSSR count). The van der Waals surface area contributed by atoms with Gasteiger partial charge in [0.15, 0.2) is 6.61 Å². The van der Waals surface area contributed by atoms with Crippen LogP contribution in [0, 0.1) is 12.8 Å². The van der Waals surface area contributed by atoms with E-state index in [0.29, 0.717) is 17.1 Å². The summed E-state index contributed by atoms with van der Waals surface area (Å²) in [7, 11) is 0. The van der Waals surface area contributed by atoms with Crippen molar-refractivity contribution in [1.82, 2.24) is 0 Å². The second-order valence-electron chi connectivity index (χ2n) is 9.00. The van der Waals surface area contributed by atoms with Gasteiger partial charge in [-0.05, 0) is 60.3 Å². The van der Waals surface area contributed by atoms with E-state index >= 15 is 0 Å². The second-order valence-corrected chi connectivity index (χ2v) is 9.00. The molecule has 7 nitrogen and oxygen atoms in total. The first-order valence-corrected chi connectivity index (χ1v) is 12.1. The third kappa shape index (κ3) is 5.62. The van der Waals surface area contributed by atoms with Crippen molar-refractivity contribution in [3.05, 3.63) is 96.6 Å². The van der Waals surface area contributed by atoms with Crippen LogP contribution in [0.4, 0.5) is 11.4 Å². The lowest BCUT2D eigenvalue weighted by molar-refractivity contribution is -0.151. The van der Waals surface area contributed by atoms with Crippen LogP contribution in [0.2, 0.25) is 0 Å². The molecule has 0 spiro atoms. The van der Waals surface area contributed by atoms with Crippen molar-refractivity contribution in [3.8, 4) is 11.5 Å². The summed E-state index contributed by atoms with van der Waals surface area (Å²) in [6.45, 7) is 1.71. The van der Waals surface area contributed by atoms with Gasteiger partial charge in [0, 0.05) is 29.7 Å². The molecule has 0 aliphatic carbocycles. The summed E-state index contributed by atoms with van der Waals surface area (Å²) in [6, 6.07) is 28.4. The van der Waals surface area contributed by atoms with E-state index in [1.165, 1.54) is 0 Å². The molecule has 7 heteroatoms. The SMILES string of the molecule is Cc1cccc(NC(=O)COC(=O)[C@@H]2CC(=O)N(c3ccc(Oc4cccc5ccccc45)cc3)C2)c1. The van der Waals surface area contributed by atoms with Gasteiger partial charge in [0.1, 0.15) is 11.5 Å². The zero-order chi connectivity index (χ0) is 25.8. The summed E-state index contributed by atoms with van der Waals surface area (Å²) in [5.74, 6) is -0.410. The number of rotatable bonds is 7. The minimum absolute atomic E-state index is 0.0343. The van der Waals surface area contributed by atoms with Gasteiger partial charge in [-0.15, -0.1) is 0 Å². The summed E-state index contributed by atoms with van der Waals surface area (Å²) in [4.78, 5) is 38.9. The van der Waals surface area contributed by atoms with Crippen molar-refractivity contribution in [2.24, 2.45) is 5.92 Å². The highest BCUT2D eigenvalue weighted by atomic mass is 16.5. The largest absolute Gasteiger partial charge is 0.457 e. The number of aryl methyl sites for hydroxylation is 1. The lowest BCUT2D eigenvalue weighted by Gasteiger charge is -2.17. The third-order valence-electron chi connectivity index (χ3n) is 6.23. The first-order chi connectivity index (χ1) is 18.0. The fourth-order valence-electron chi connectivity index (χ4n) is 4.40. The zero-order valence-corrected chi connectivity index (χ0v) is 20.3. The maximum absolute atomic E-state index is 12.6. The average molecular weight is 495 g/mol. The number of carbonyl (C=O) groups is 3. The van der Waals surface area contributed by atoms with E-state index in [4.69, 9.17) is 9.47 Å². The molecule has 0 unspecified atom stereocenters. The summed E-state index contributed by atoms with van der Waals surface area (Å²) in [6.07, 6.45) is 0.0343.